The lowest BCUT2D eigenvalue weighted by Crippen LogP contribution is -2.39. The lowest BCUT2D eigenvalue weighted by atomic mass is 10.1. The molecular formula is C14H18N2O4S. The van der Waals surface area contributed by atoms with Gasteiger partial charge in [0.1, 0.15) is 5.75 Å². The van der Waals surface area contributed by atoms with Crippen molar-refractivity contribution >= 4 is 15.9 Å². The number of nitrogens with two attached hydrogens (primary N) is 1. The zero-order valence-electron chi connectivity index (χ0n) is 11.8. The first-order chi connectivity index (χ1) is 9.84. The van der Waals surface area contributed by atoms with Crippen molar-refractivity contribution in [1.29, 1.82) is 0 Å². The number of rotatable bonds is 4. The Morgan fingerprint density at radius 2 is 2.14 bits per heavy atom. The number of nitrogens with zero attached hydrogens (tertiary/aromatic N) is 1. The van der Waals surface area contributed by atoms with E-state index >= 15 is 0 Å². The maximum absolute atomic E-state index is 12.3. The van der Waals surface area contributed by atoms with Gasteiger partial charge in [-0.25, -0.2) is 13.6 Å². The molecule has 2 N–H and O–H groups in total. The number of carbonyl (C=O) groups excluding carboxylic acids is 1. The van der Waals surface area contributed by atoms with Crippen LogP contribution in [0.1, 0.15) is 18.4 Å². The molecule has 21 heavy (non-hydrogen) atoms. The highest BCUT2D eigenvalue weighted by Crippen LogP contribution is 2.33. The monoisotopic (exact) mass is 310 g/mol. The van der Waals surface area contributed by atoms with E-state index in [0.29, 0.717) is 23.7 Å². The number of hydrogen-bond acceptors (Lipinski definition) is 4. The zero-order chi connectivity index (χ0) is 15.2. The van der Waals surface area contributed by atoms with Gasteiger partial charge < -0.3 is 9.64 Å². The van der Waals surface area contributed by atoms with Gasteiger partial charge in [-0.3, -0.25) is 4.79 Å². The molecule has 3 rings (SSSR count). The first-order valence-electron chi connectivity index (χ1n) is 6.92. The average molecular weight is 310 g/mol. The molecule has 1 heterocycles. The molecule has 1 unspecified atom stereocenters. The van der Waals surface area contributed by atoms with Crippen molar-refractivity contribution in [2.24, 2.45) is 11.1 Å². The van der Waals surface area contributed by atoms with Crippen LogP contribution in [0.15, 0.2) is 23.1 Å². The second kappa shape index (κ2) is 4.99. The van der Waals surface area contributed by atoms with Crippen molar-refractivity contribution in [3.05, 3.63) is 23.8 Å². The van der Waals surface area contributed by atoms with Crippen LogP contribution < -0.4 is 9.88 Å². The molecule has 0 spiro atoms. The van der Waals surface area contributed by atoms with Crippen molar-refractivity contribution in [3.8, 4) is 5.75 Å². The van der Waals surface area contributed by atoms with Gasteiger partial charge in [-0.1, -0.05) is 0 Å². The normalized spacial score (nSPS) is 20.8. The molecule has 7 heteroatoms. The lowest BCUT2D eigenvalue weighted by Gasteiger charge is -2.20. The van der Waals surface area contributed by atoms with E-state index in [1.165, 1.54) is 25.0 Å². The number of fused-ring (bicyclic) bond motifs is 1. The first-order valence-corrected chi connectivity index (χ1v) is 8.46. The average Bonchev–Trinajstić information content (AvgIpc) is 3.11. The van der Waals surface area contributed by atoms with Crippen molar-refractivity contribution in [3.63, 3.8) is 0 Å². The molecule has 1 saturated carbocycles. The van der Waals surface area contributed by atoms with Gasteiger partial charge in [0, 0.05) is 20.0 Å². The van der Waals surface area contributed by atoms with Crippen LogP contribution in [0.2, 0.25) is 0 Å². The maximum atomic E-state index is 12.3. The summed E-state index contributed by atoms with van der Waals surface area (Å²) in [6, 6.07) is 4.44. The standard InChI is InChI=1S/C14H18N2O4S/c1-16(8-9-2-3-9)14(17)13-7-10-6-11(21(15,18)19)4-5-12(10)20-13/h4-6,9,13H,2-3,7-8H2,1H3,(H2,15,18,19). The van der Waals surface area contributed by atoms with Gasteiger partial charge >= 0.3 is 0 Å². The van der Waals surface area contributed by atoms with Gasteiger partial charge in [-0.2, -0.15) is 0 Å². The van der Waals surface area contributed by atoms with E-state index in [0.717, 1.165) is 6.54 Å². The molecule has 1 aromatic rings. The van der Waals surface area contributed by atoms with Crippen LogP contribution in [0.25, 0.3) is 0 Å². The zero-order valence-corrected chi connectivity index (χ0v) is 12.6. The molecule has 0 radical (unpaired) electrons. The predicted octanol–water partition coefficient (Wildman–Crippen LogP) is 0.506. The molecule has 1 amide bonds. The summed E-state index contributed by atoms with van der Waals surface area (Å²) in [4.78, 5) is 14.1. The summed E-state index contributed by atoms with van der Waals surface area (Å²) in [7, 11) is -1.96. The molecule has 0 saturated heterocycles. The van der Waals surface area contributed by atoms with Gasteiger partial charge in [0.15, 0.2) is 6.10 Å². The van der Waals surface area contributed by atoms with Crippen molar-refractivity contribution < 1.29 is 17.9 Å². The lowest BCUT2D eigenvalue weighted by molar-refractivity contribution is -0.136. The third-order valence-electron chi connectivity index (χ3n) is 3.92. The topological polar surface area (TPSA) is 89.7 Å². The van der Waals surface area contributed by atoms with Crippen molar-refractivity contribution in [2.45, 2.75) is 30.3 Å². The molecule has 1 atom stereocenters. The Balaban J connectivity index is 1.73. The fourth-order valence-corrected chi connectivity index (χ4v) is 3.13. The summed E-state index contributed by atoms with van der Waals surface area (Å²) in [6.45, 7) is 0.761. The molecular weight excluding hydrogens is 292 g/mol. The molecule has 6 nitrogen and oxygen atoms in total. The van der Waals surface area contributed by atoms with Crippen LogP contribution in [0.4, 0.5) is 0 Å². The Bertz CT molecular complexity index is 682. The van der Waals surface area contributed by atoms with E-state index in [1.54, 1.807) is 18.0 Å². The van der Waals surface area contributed by atoms with Crippen molar-refractivity contribution in [1.82, 2.24) is 4.90 Å². The number of likely N-dealkylation sites (N-methyl/N-ethyl adjacent to an activating group) is 1. The Labute approximate surface area is 123 Å². The molecule has 1 aliphatic carbocycles. The summed E-state index contributed by atoms with van der Waals surface area (Å²) >= 11 is 0. The Hall–Kier alpha value is -1.60. The van der Waals surface area contributed by atoms with E-state index in [-0.39, 0.29) is 10.8 Å². The number of primary sulfonamides is 1. The third kappa shape index (κ3) is 3.03. The molecule has 114 valence electrons. The summed E-state index contributed by atoms with van der Waals surface area (Å²) in [5, 5.41) is 5.11. The largest absolute Gasteiger partial charge is 0.480 e. The number of carbonyl (C=O) groups is 1. The third-order valence-corrected chi connectivity index (χ3v) is 4.83. The van der Waals surface area contributed by atoms with Gasteiger partial charge in [0.2, 0.25) is 10.0 Å². The van der Waals surface area contributed by atoms with Crippen molar-refractivity contribution in [2.75, 3.05) is 13.6 Å². The van der Waals surface area contributed by atoms with Crippen LogP contribution in [0.3, 0.4) is 0 Å². The predicted molar refractivity (Wildman–Crippen MR) is 76.3 cm³/mol. The second-order valence-electron chi connectivity index (χ2n) is 5.79. The Morgan fingerprint density at radius 1 is 1.43 bits per heavy atom. The summed E-state index contributed by atoms with van der Waals surface area (Å²) < 4.78 is 28.3. The quantitative estimate of drug-likeness (QED) is 0.877. The molecule has 0 bridgehead atoms. The van der Waals surface area contributed by atoms with E-state index in [1.807, 2.05) is 0 Å². The Kier molecular flexibility index (Phi) is 3.41. The van der Waals surface area contributed by atoms with E-state index < -0.39 is 16.1 Å². The SMILES string of the molecule is CN(CC1CC1)C(=O)C1Cc2cc(S(N)(=O)=O)ccc2O1. The first kappa shape index (κ1) is 14.3. The molecule has 0 aromatic heterocycles. The summed E-state index contributed by atoms with van der Waals surface area (Å²) in [5.41, 5.74) is 0.708. The van der Waals surface area contributed by atoms with Gasteiger partial charge in [-0.05, 0) is 42.5 Å². The highest BCUT2D eigenvalue weighted by atomic mass is 32.2. The van der Waals surface area contributed by atoms with E-state index in [9.17, 15) is 13.2 Å². The number of ether oxygens (including phenoxy) is 1. The van der Waals surface area contributed by atoms with Crippen LogP contribution in [0.5, 0.6) is 5.75 Å². The number of amides is 1. The minimum Gasteiger partial charge on any atom is -0.480 e. The molecule has 1 aromatic carbocycles. The number of sulfonamides is 1. The van der Waals surface area contributed by atoms with Crippen LogP contribution in [0, 0.1) is 5.92 Å². The molecule has 2 aliphatic rings. The minimum atomic E-state index is -3.74. The maximum Gasteiger partial charge on any atom is 0.263 e. The van der Waals surface area contributed by atoms with Crippen LogP contribution >= 0.6 is 0 Å². The molecule has 1 aliphatic heterocycles. The number of hydrogen-bond donors (Lipinski definition) is 1. The summed E-state index contributed by atoms with van der Waals surface area (Å²) in [5.74, 6) is 1.12. The second-order valence-corrected chi connectivity index (χ2v) is 7.35. The fourth-order valence-electron chi connectivity index (χ4n) is 2.56. The minimum absolute atomic E-state index is 0.0456. The van der Waals surface area contributed by atoms with Gasteiger partial charge in [0.05, 0.1) is 4.90 Å². The number of benzene rings is 1. The summed E-state index contributed by atoms with van der Waals surface area (Å²) in [6.07, 6.45) is 2.17. The van der Waals surface area contributed by atoms with Gasteiger partial charge in [0.25, 0.3) is 5.91 Å². The highest BCUT2D eigenvalue weighted by molar-refractivity contribution is 7.89. The fraction of sp³-hybridized carbons (Fsp3) is 0.500. The highest BCUT2D eigenvalue weighted by Gasteiger charge is 2.34. The van der Waals surface area contributed by atoms with E-state index in [4.69, 9.17) is 9.88 Å². The van der Waals surface area contributed by atoms with Crippen LogP contribution in [-0.4, -0.2) is 38.9 Å². The smallest absolute Gasteiger partial charge is 0.263 e. The van der Waals surface area contributed by atoms with E-state index in [2.05, 4.69) is 0 Å². The van der Waals surface area contributed by atoms with Crippen LogP contribution in [-0.2, 0) is 21.2 Å². The Morgan fingerprint density at radius 3 is 2.76 bits per heavy atom. The molecule has 1 fully saturated rings. The van der Waals surface area contributed by atoms with Gasteiger partial charge in [-0.15, -0.1) is 0 Å².